The second-order valence-corrected chi connectivity index (χ2v) is 5.21. The van der Waals surface area contributed by atoms with Crippen molar-refractivity contribution in [2.24, 2.45) is 0 Å². The Morgan fingerprint density at radius 1 is 1.38 bits per heavy atom. The van der Waals surface area contributed by atoms with E-state index in [0.717, 1.165) is 37.5 Å². The SMILES string of the molecule is Cl.O=C(c1ccc(Cl)s1)N1CCCNCC1. The van der Waals surface area contributed by atoms with Gasteiger partial charge in [0.1, 0.15) is 0 Å². The van der Waals surface area contributed by atoms with Crippen LogP contribution >= 0.6 is 35.3 Å². The van der Waals surface area contributed by atoms with Crippen LogP contribution in [0.25, 0.3) is 0 Å². The molecule has 1 aromatic heterocycles. The maximum atomic E-state index is 12.0. The van der Waals surface area contributed by atoms with Crippen molar-refractivity contribution in [1.29, 1.82) is 0 Å². The maximum absolute atomic E-state index is 12.0. The van der Waals surface area contributed by atoms with E-state index in [9.17, 15) is 4.79 Å². The lowest BCUT2D eigenvalue weighted by atomic mass is 10.3. The first-order chi connectivity index (χ1) is 7.27. The van der Waals surface area contributed by atoms with Gasteiger partial charge in [0, 0.05) is 19.6 Å². The summed E-state index contributed by atoms with van der Waals surface area (Å²) in [5.74, 6) is 0.107. The molecule has 1 saturated heterocycles. The van der Waals surface area contributed by atoms with E-state index in [4.69, 9.17) is 11.6 Å². The zero-order chi connectivity index (χ0) is 10.7. The third-order valence-corrected chi connectivity index (χ3v) is 3.63. The fourth-order valence-corrected chi connectivity index (χ4v) is 2.64. The second kappa shape index (κ2) is 6.45. The van der Waals surface area contributed by atoms with Crippen molar-refractivity contribution in [3.05, 3.63) is 21.3 Å². The number of amides is 1. The van der Waals surface area contributed by atoms with Crippen molar-refractivity contribution < 1.29 is 4.79 Å². The van der Waals surface area contributed by atoms with Crippen LogP contribution in [0.5, 0.6) is 0 Å². The van der Waals surface area contributed by atoms with Crippen LogP contribution in [0.4, 0.5) is 0 Å². The Morgan fingerprint density at radius 2 is 2.19 bits per heavy atom. The van der Waals surface area contributed by atoms with E-state index in [1.807, 2.05) is 4.90 Å². The number of hydrogen-bond donors (Lipinski definition) is 1. The van der Waals surface area contributed by atoms with Crippen LogP contribution in [0.3, 0.4) is 0 Å². The highest BCUT2D eigenvalue weighted by atomic mass is 35.5. The van der Waals surface area contributed by atoms with Crippen LogP contribution in [0.15, 0.2) is 12.1 Å². The van der Waals surface area contributed by atoms with Gasteiger partial charge in [0.25, 0.3) is 5.91 Å². The molecule has 0 saturated carbocycles. The Balaban J connectivity index is 0.00000128. The highest BCUT2D eigenvalue weighted by Crippen LogP contribution is 2.22. The average Bonchev–Trinajstić information content (AvgIpc) is 2.53. The molecule has 1 fully saturated rings. The van der Waals surface area contributed by atoms with E-state index in [-0.39, 0.29) is 18.3 Å². The van der Waals surface area contributed by atoms with Crippen molar-refractivity contribution in [3.8, 4) is 0 Å². The molecule has 1 amide bonds. The predicted molar refractivity (Wildman–Crippen MR) is 70.0 cm³/mol. The van der Waals surface area contributed by atoms with Crippen LogP contribution in [-0.2, 0) is 0 Å². The minimum atomic E-state index is 0. The van der Waals surface area contributed by atoms with Crippen molar-refractivity contribution in [3.63, 3.8) is 0 Å². The number of hydrogen-bond acceptors (Lipinski definition) is 3. The largest absolute Gasteiger partial charge is 0.337 e. The zero-order valence-corrected chi connectivity index (χ0v) is 11.1. The van der Waals surface area contributed by atoms with Crippen molar-refractivity contribution in [2.45, 2.75) is 6.42 Å². The molecular formula is C10H14Cl2N2OS. The molecule has 1 aliphatic rings. The molecule has 3 nitrogen and oxygen atoms in total. The Hall–Kier alpha value is -0.290. The number of carbonyl (C=O) groups excluding carboxylic acids is 1. The maximum Gasteiger partial charge on any atom is 0.264 e. The minimum absolute atomic E-state index is 0. The summed E-state index contributed by atoms with van der Waals surface area (Å²) >= 11 is 7.16. The molecule has 1 aromatic rings. The average molecular weight is 281 g/mol. The lowest BCUT2D eigenvalue weighted by molar-refractivity contribution is 0.0771. The predicted octanol–water partition coefficient (Wildman–Crippen LogP) is 2.26. The van der Waals surface area contributed by atoms with E-state index in [1.165, 1.54) is 11.3 Å². The molecule has 0 spiro atoms. The summed E-state index contributed by atoms with van der Waals surface area (Å²) in [5, 5.41) is 3.27. The summed E-state index contributed by atoms with van der Waals surface area (Å²) in [4.78, 5) is 14.6. The van der Waals surface area contributed by atoms with E-state index < -0.39 is 0 Å². The number of nitrogens with one attached hydrogen (secondary N) is 1. The number of thiophene rings is 1. The quantitative estimate of drug-likeness (QED) is 0.856. The van der Waals surface area contributed by atoms with Gasteiger partial charge in [-0.05, 0) is 25.1 Å². The summed E-state index contributed by atoms with van der Waals surface area (Å²) in [6.45, 7) is 3.50. The molecule has 0 atom stereocenters. The van der Waals surface area contributed by atoms with Gasteiger partial charge >= 0.3 is 0 Å². The number of nitrogens with zero attached hydrogens (tertiary/aromatic N) is 1. The Bertz CT molecular complexity index is 348. The van der Waals surface area contributed by atoms with Crippen LogP contribution in [0, 0.1) is 0 Å². The first kappa shape index (κ1) is 13.8. The number of rotatable bonds is 1. The highest BCUT2D eigenvalue weighted by molar-refractivity contribution is 7.17. The summed E-state index contributed by atoms with van der Waals surface area (Å²) in [6, 6.07) is 3.57. The van der Waals surface area contributed by atoms with Gasteiger partial charge in [0.2, 0.25) is 0 Å². The van der Waals surface area contributed by atoms with Gasteiger partial charge in [-0.3, -0.25) is 4.79 Å². The topological polar surface area (TPSA) is 32.3 Å². The molecule has 0 unspecified atom stereocenters. The third kappa shape index (κ3) is 3.35. The normalized spacial score (nSPS) is 16.4. The van der Waals surface area contributed by atoms with Crippen molar-refractivity contribution in [1.82, 2.24) is 10.2 Å². The lowest BCUT2D eigenvalue weighted by Gasteiger charge is -2.18. The molecule has 2 heterocycles. The van der Waals surface area contributed by atoms with Gasteiger partial charge in [-0.1, -0.05) is 11.6 Å². The lowest BCUT2D eigenvalue weighted by Crippen LogP contribution is -2.33. The molecule has 0 aliphatic carbocycles. The smallest absolute Gasteiger partial charge is 0.264 e. The summed E-state index contributed by atoms with van der Waals surface area (Å²) < 4.78 is 0.672. The molecule has 6 heteroatoms. The molecule has 0 bridgehead atoms. The van der Waals surface area contributed by atoms with Crippen molar-refractivity contribution >= 4 is 41.3 Å². The molecular weight excluding hydrogens is 267 g/mol. The molecule has 2 rings (SSSR count). The molecule has 16 heavy (non-hydrogen) atoms. The first-order valence-corrected chi connectivity index (χ1v) is 6.22. The molecule has 0 aromatic carbocycles. The Kier molecular flexibility index (Phi) is 5.55. The summed E-state index contributed by atoms with van der Waals surface area (Å²) in [5.41, 5.74) is 0. The van der Waals surface area contributed by atoms with Gasteiger partial charge in [0.15, 0.2) is 0 Å². The molecule has 90 valence electrons. The fraction of sp³-hybridized carbons (Fsp3) is 0.500. The van der Waals surface area contributed by atoms with Crippen LogP contribution in [0.2, 0.25) is 4.34 Å². The van der Waals surface area contributed by atoms with Gasteiger partial charge < -0.3 is 10.2 Å². The number of carbonyl (C=O) groups is 1. The van der Waals surface area contributed by atoms with Gasteiger partial charge in [-0.2, -0.15) is 0 Å². The first-order valence-electron chi connectivity index (χ1n) is 5.03. The monoisotopic (exact) mass is 280 g/mol. The van der Waals surface area contributed by atoms with Gasteiger partial charge in [-0.25, -0.2) is 0 Å². The summed E-state index contributed by atoms with van der Waals surface area (Å²) in [7, 11) is 0. The Morgan fingerprint density at radius 3 is 2.88 bits per heavy atom. The highest BCUT2D eigenvalue weighted by Gasteiger charge is 2.18. The van der Waals surface area contributed by atoms with Crippen molar-refractivity contribution in [2.75, 3.05) is 26.2 Å². The third-order valence-electron chi connectivity index (χ3n) is 2.41. The standard InChI is InChI=1S/C10H13ClN2OS.ClH/c11-9-3-2-8(15-9)10(14)13-6-1-4-12-5-7-13;/h2-3,12H,1,4-7H2;1H. The van der Waals surface area contributed by atoms with Crippen LogP contribution < -0.4 is 5.32 Å². The summed E-state index contributed by atoms with van der Waals surface area (Å²) in [6.07, 6.45) is 1.02. The number of halogens is 2. The molecule has 0 radical (unpaired) electrons. The minimum Gasteiger partial charge on any atom is -0.337 e. The van der Waals surface area contributed by atoms with E-state index >= 15 is 0 Å². The van der Waals surface area contributed by atoms with E-state index in [0.29, 0.717) is 4.34 Å². The van der Waals surface area contributed by atoms with Crippen LogP contribution in [-0.4, -0.2) is 37.0 Å². The van der Waals surface area contributed by atoms with Gasteiger partial charge in [0.05, 0.1) is 9.21 Å². The zero-order valence-electron chi connectivity index (χ0n) is 8.74. The van der Waals surface area contributed by atoms with Crippen LogP contribution in [0.1, 0.15) is 16.1 Å². The Labute approximate surface area is 110 Å². The molecule has 1 aliphatic heterocycles. The van der Waals surface area contributed by atoms with E-state index in [1.54, 1.807) is 12.1 Å². The second-order valence-electron chi connectivity index (χ2n) is 3.50. The van der Waals surface area contributed by atoms with Gasteiger partial charge in [-0.15, -0.1) is 23.7 Å². The van der Waals surface area contributed by atoms with E-state index in [2.05, 4.69) is 5.32 Å². The fourth-order valence-electron chi connectivity index (χ4n) is 1.63. The molecule has 1 N–H and O–H groups in total.